The first kappa shape index (κ1) is 41.8. The lowest BCUT2D eigenvalue weighted by Gasteiger charge is -2.29. The first-order valence-electron chi connectivity index (χ1n) is 17.8. The van der Waals surface area contributed by atoms with Gasteiger partial charge in [-0.1, -0.05) is 107 Å². The third-order valence-electron chi connectivity index (χ3n) is 8.31. The number of aliphatic hydroxyl groups is 1. The van der Waals surface area contributed by atoms with Crippen LogP contribution in [0.3, 0.4) is 0 Å². The van der Waals surface area contributed by atoms with Gasteiger partial charge in [0.1, 0.15) is 6.29 Å². The fourth-order valence-electron chi connectivity index (χ4n) is 5.57. The second-order valence-corrected chi connectivity index (χ2v) is 14.4. The lowest BCUT2D eigenvalue weighted by atomic mass is 9.93. The predicted octanol–water partition coefficient (Wildman–Crippen LogP) is 10.6. The van der Waals surface area contributed by atoms with E-state index < -0.39 is 0 Å². The maximum Gasteiger partial charge on any atom is 0.120 e. The van der Waals surface area contributed by atoms with Crippen molar-refractivity contribution in [3.8, 4) is 11.1 Å². The largest absolute Gasteiger partial charge is 0.400 e. The van der Waals surface area contributed by atoms with Crippen molar-refractivity contribution >= 4 is 18.2 Å². The number of carbonyl (C=O) groups excluding carboxylic acids is 1. The van der Waals surface area contributed by atoms with E-state index in [2.05, 4.69) is 119 Å². The Kier molecular flexibility index (Phi) is 22.7. The summed E-state index contributed by atoms with van der Waals surface area (Å²) < 4.78 is 2.39. The molecular weight excluding hydrogens is 585 g/mol. The van der Waals surface area contributed by atoms with Gasteiger partial charge in [-0.3, -0.25) is 0 Å². The Labute approximate surface area is 287 Å². The zero-order valence-corrected chi connectivity index (χ0v) is 31.4. The van der Waals surface area contributed by atoms with Gasteiger partial charge in [-0.05, 0) is 125 Å². The number of allylic oxidation sites excluding steroid dienone is 4. The van der Waals surface area contributed by atoms with Gasteiger partial charge < -0.3 is 15.2 Å². The first-order valence-corrected chi connectivity index (χ1v) is 18.6. The number of benzene rings is 2. The zero-order valence-electron chi connectivity index (χ0n) is 30.5. The monoisotopic (exact) mass is 650 g/mol. The van der Waals surface area contributed by atoms with Crippen LogP contribution in [0.5, 0.6) is 0 Å². The average Bonchev–Trinajstić information content (AvgIpc) is 3.06. The predicted molar refractivity (Wildman–Crippen MR) is 204 cm³/mol. The van der Waals surface area contributed by atoms with Crippen molar-refractivity contribution in [1.82, 2.24) is 9.62 Å². The molecule has 0 amide bonds. The summed E-state index contributed by atoms with van der Waals surface area (Å²) in [4.78, 5) is 11.9. The molecule has 2 aromatic rings. The Balaban J connectivity index is 0.00000137. The van der Waals surface area contributed by atoms with Gasteiger partial charge in [0.2, 0.25) is 0 Å². The molecule has 2 aromatic carbocycles. The van der Waals surface area contributed by atoms with Crippen molar-refractivity contribution in [3.05, 3.63) is 77.4 Å². The van der Waals surface area contributed by atoms with Gasteiger partial charge in [0.05, 0.1) is 0 Å². The molecule has 1 unspecified atom stereocenters. The van der Waals surface area contributed by atoms with Gasteiger partial charge >= 0.3 is 0 Å². The lowest BCUT2D eigenvalue weighted by molar-refractivity contribution is -0.107. The third-order valence-corrected chi connectivity index (χ3v) is 9.37. The van der Waals surface area contributed by atoms with Crippen molar-refractivity contribution in [2.45, 2.75) is 129 Å². The molecule has 0 aliphatic heterocycles. The number of carbonyl (C=O) groups is 1. The summed E-state index contributed by atoms with van der Waals surface area (Å²) in [5.74, 6) is 0.570. The summed E-state index contributed by atoms with van der Waals surface area (Å²) in [5, 5.41) is 10.8. The highest BCUT2D eigenvalue weighted by molar-refractivity contribution is 7.97. The van der Waals surface area contributed by atoms with E-state index in [1.54, 1.807) is 0 Å². The molecule has 0 saturated carbocycles. The van der Waals surface area contributed by atoms with Crippen LogP contribution in [0.15, 0.2) is 71.2 Å². The highest BCUT2D eigenvalue weighted by Crippen LogP contribution is 2.31. The smallest absolute Gasteiger partial charge is 0.120 e. The van der Waals surface area contributed by atoms with E-state index in [9.17, 15) is 4.79 Å². The Bertz CT molecular complexity index is 1140. The van der Waals surface area contributed by atoms with Gasteiger partial charge in [0.15, 0.2) is 0 Å². The third kappa shape index (κ3) is 17.7. The summed E-state index contributed by atoms with van der Waals surface area (Å²) in [6, 6.07) is 15.7. The number of hydrogen-bond acceptors (Lipinski definition) is 5. The summed E-state index contributed by atoms with van der Waals surface area (Å²) >= 11 is 1.87. The molecule has 0 spiro atoms. The summed E-state index contributed by atoms with van der Waals surface area (Å²) in [7, 11) is 3.22. The van der Waals surface area contributed by atoms with Gasteiger partial charge in [-0.25, -0.2) is 4.31 Å². The van der Waals surface area contributed by atoms with E-state index >= 15 is 0 Å². The van der Waals surface area contributed by atoms with Crippen LogP contribution in [0.1, 0.15) is 117 Å². The molecule has 0 bridgehead atoms. The minimum atomic E-state index is 0.165. The van der Waals surface area contributed by atoms with Gasteiger partial charge in [0, 0.05) is 30.5 Å². The number of hydrogen-bond donors (Lipinski definition) is 2. The molecule has 258 valence electrons. The van der Waals surface area contributed by atoms with E-state index in [0.29, 0.717) is 12.3 Å². The van der Waals surface area contributed by atoms with E-state index in [1.807, 2.05) is 11.9 Å². The Morgan fingerprint density at radius 3 is 2.24 bits per heavy atom. The van der Waals surface area contributed by atoms with E-state index in [1.165, 1.54) is 84.1 Å². The summed E-state index contributed by atoms with van der Waals surface area (Å²) in [6.45, 7) is 15.8. The summed E-state index contributed by atoms with van der Waals surface area (Å²) in [6.07, 6.45) is 21.7. The van der Waals surface area contributed by atoms with Crippen LogP contribution in [-0.4, -0.2) is 48.5 Å². The number of aliphatic hydroxyl groups excluding tert-OH is 1. The molecule has 2 N–H and O–H groups in total. The van der Waals surface area contributed by atoms with Gasteiger partial charge in [-0.2, -0.15) is 0 Å². The van der Waals surface area contributed by atoms with Crippen molar-refractivity contribution in [2.24, 2.45) is 5.92 Å². The van der Waals surface area contributed by atoms with Crippen molar-refractivity contribution in [3.63, 3.8) is 0 Å². The van der Waals surface area contributed by atoms with E-state index in [-0.39, 0.29) is 5.54 Å². The molecule has 3 rings (SSSR count). The lowest BCUT2D eigenvalue weighted by Crippen LogP contribution is -2.42. The van der Waals surface area contributed by atoms with Gasteiger partial charge in [-0.15, -0.1) is 0 Å². The minimum Gasteiger partial charge on any atom is -0.400 e. The standard InChI is InChI=1S/C35H50N2OS.C5H12.CH4O/c1-6-31-25-33(32-19-17-30(18-20-32)15-10-11-24-38)21-22-34(31)39-37(5)27-28(2)26-36-35(3,4)23-12-16-29-13-8-7-9-14-29;1-3-5-4-2;1-2/h8,13-14,17-22,24-25,28,36H,6-7,9-12,15-16,23,26-27H2,1-5H3;3-5H2,1-2H3;2H,1H3. The first-order chi connectivity index (χ1) is 22.2. The van der Waals surface area contributed by atoms with E-state index in [0.717, 1.165) is 45.7 Å². The Hall–Kier alpha value is -2.18. The second kappa shape index (κ2) is 24.9. The normalized spacial score (nSPS) is 13.3. The van der Waals surface area contributed by atoms with Crippen molar-refractivity contribution in [2.75, 3.05) is 27.2 Å². The molecule has 46 heavy (non-hydrogen) atoms. The second-order valence-electron chi connectivity index (χ2n) is 13.2. The fourth-order valence-corrected chi connectivity index (χ4v) is 6.68. The van der Waals surface area contributed by atoms with E-state index in [4.69, 9.17) is 5.11 Å². The number of aldehydes is 1. The minimum absolute atomic E-state index is 0.165. The van der Waals surface area contributed by atoms with Gasteiger partial charge in [0.25, 0.3) is 0 Å². The Morgan fingerprint density at radius 2 is 1.65 bits per heavy atom. The van der Waals surface area contributed by atoms with Crippen LogP contribution in [0.25, 0.3) is 11.1 Å². The van der Waals surface area contributed by atoms with Crippen molar-refractivity contribution in [1.29, 1.82) is 0 Å². The molecule has 1 atom stereocenters. The number of unbranched alkanes of at least 4 members (excludes halogenated alkanes) is 3. The molecule has 0 aromatic heterocycles. The van der Waals surface area contributed by atoms with Crippen LogP contribution in [0.2, 0.25) is 0 Å². The molecule has 5 heteroatoms. The van der Waals surface area contributed by atoms with Crippen LogP contribution in [0, 0.1) is 5.92 Å². The molecule has 1 aliphatic rings. The maximum atomic E-state index is 10.6. The molecule has 0 fully saturated rings. The molecule has 4 nitrogen and oxygen atoms in total. The zero-order chi connectivity index (χ0) is 34.2. The highest BCUT2D eigenvalue weighted by atomic mass is 32.2. The van der Waals surface area contributed by atoms with Crippen LogP contribution in [-0.2, 0) is 17.6 Å². The number of nitrogens with zero attached hydrogens (tertiary/aromatic N) is 1. The number of rotatable bonds is 19. The SMILES string of the molecule is CCCCC.CCc1cc(-c2ccc(CCCC=O)cc2)ccc1SN(C)CC(C)CNC(C)(C)CCCC1=CCCC=C1.CO. The molecule has 0 saturated heterocycles. The fraction of sp³-hybridized carbons (Fsp3) is 0.585. The molecular formula is C41H66N2O2S. The topological polar surface area (TPSA) is 52.6 Å². The maximum absolute atomic E-state index is 10.6. The quantitative estimate of drug-likeness (QED) is 0.0900. The molecule has 1 aliphatic carbocycles. The Morgan fingerprint density at radius 1 is 0.957 bits per heavy atom. The summed E-state index contributed by atoms with van der Waals surface area (Å²) in [5.41, 5.74) is 6.90. The van der Waals surface area contributed by atoms with Crippen LogP contribution >= 0.6 is 11.9 Å². The molecule has 0 heterocycles. The van der Waals surface area contributed by atoms with Crippen LogP contribution in [0.4, 0.5) is 0 Å². The average molecular weight is 651 g/mol. The number of nitrogens with one attached hydrogen (secondary N) is 1. The highest BCUT2D eigenvalue weighted by Gasteiger charge is 2.19. The number of aryl methyl sites for hydroxylation is 2. The van der Waals surface area contributed by atoms with Crippen LogP contribution < -0.4 is 5.32 Å². The molecule has 0 radical (unpaired) electrons. The van der Waals surface area contributed by atoms with Crippen molar-refractivity contribution < 1.29 is 9.90 Å².